The van der Waals surface area contributed by atoms with Crippen molar-refractivity contribution in [2.24, 2.45) is 0 Å². The maximum absolute atomic E-state index is 13.3. The van der Waals surface area contributed by atoms with Gasteiger partial charge >= 0.3 is 6.18 Å². The first-order valence-electron chi connectivity index (χ1n) is 11.1. The SMILES string of the molecule is CNCCC(OCc1cccc(N2CCN(C)c3nc(C(F)(F)F)ncc3C2=O)c1)c1cccs1. The highest BCUT2D eigenvalue weighted by atomic mass is 32.1. The van der Waals surface area contributed by atoms with Crippen LogP contribution in [0, 0.1) is 0 Å². The van der Waals surface area contributed by atoms with Gasteiger partial charge in [0.25, 0.3) is 5.91 Å². The fraction of sp³-hybridized carbons (Fsp3) is 0.375. The summed E-state index contributed by atoms with van der Waals surface area (Å²) < 4.78 is 45.5. The van der Waals surface area contributed by atoms with E-state index in [1.165, 1.54) is 0 Å². The minimum atomic E-state index is -4.69. The lowest BCUT2D eigenvalue weighted by molar-refractivity contribution is -0.144. The van der Waals surface area contributed by atoms with E-state index in [2.05, 4.69) is 21.4 Å². The first-order chi connectivity index (χ1) is 16.8. The second kappa shape index (κ2) is 10.7. The van der Waals surface area contributed by atoms with Crippen molar-refractivity contribution in [2.45, 2.75) is 25.3 Å². The molecule has 0 saturated carbocycles. The van der Waals surface area contributed by atoms with Gasteiger partial charge in [0.05, 0.1) is 12.7 Å². The third-order valence-corrected chi connectivity index (χ3v) is 6.67. The molecule has 3 aromatic rings. The number of carbonyl (C=O) groups is 1. The van der Waals surface area contributed by atoms with Gasteiger partial charge in [-0.15, -0.1) is 11.3 Å². The van der Waals surface area contributed by atoms with E-state index in [9.17, 15) is 18.0 Å². The molecule has 186 valence electrons. The topological polar surface area (TPSA) is 70.6 Å². The molecule has 3 heterocycles. The van der Waals surface area contributed by atoms with Crippen molar-refractivity contribution in [1.82, 2.24) is 15.3 Å². The number of nitrogens with one attached hydrogen (secondary N) is 1. The van der Waals surface area contributed by atoms with Gasteiger partial charge in [0, 0.05) is 36.9 Å². The summed E-state index contributed by atoms with van der Waals surface area (Å²) in [6, 6.07) is 11.5. The number of hydrogen-bond acceptors (Lipinski definition) is 7. The third kappa shape index (κ3) is 5.80. The fourth-order valence-electron chi connectivity index (χ4n) is 3.87. The van der Waals surface area contributed by atoms with E-state index in [-0.39, 0.29) is 24.0 Å². The maximum atomic E-state index is 13.3. The minimum absolute atomic E-state index is 0.0253. The second-order valence-electron chi connectivity index (χ2n) is 8.18. The molecule has 7 nitrogen and oxygen atoms in total. The number of thiophene rings is 1. The van der Waals surface area contributed by atoms with Crippen molar-refractivity contribution in [3.8, 4) is 0 Å². The Bertz CT molecular complexity index is 1160. The molecule has 1 atom stereocenters. The van der Waals surface area contributed by atoms with Gasteiger partial charge in [0.15, 0.2) is 0 Å². The zero-order valence-corrected chi connectivity index (χ0v) is 20.2. The summed E-state index contributed by atoms with van der Waals surface area (Å²) in [7, 11) is 3.51. The van der Waals surface area contributed by atoms with E-state index < -0.39 is 17.9 Å². The Kier molecular flexibility index (Phi) is 7.68. The Morgan fingerprint density at radius 3 is 2.77 bits per heavy atom. The molecule has 0 spiro atoms. The fourth-order valence-corrected chi connectivity index (χ4v) is 4.68. The number of aromatic nitrogens is 2. The number of anilines is 2. The number of nitrogens with zero attached hydrogens (tertiary/aromatic N) is 4. The number of ether oxygens (including phenoxy) is 1. The molecule has 0 fully saturated rings. The van der Waals surface area contributed by atoms with Crippen LogP contribution in [0.15, 0.2) is 48.0 Å². The van der Waals surface area contributed by atoms with Crippen molar-refractivity contribution in [3.05, 3.63) is 69.8 Å². The molecule has 11 heteroatoms. The zero-order chi connectivity index (χ0) is 25.0. The molecule has 1 aromatic carbocycles. The molecule has 1 unspecified atom stereocenters. The molecular weight excluding hydrogens is 479 g/mol. The molecule has 0 aliphatic carbocycles. The van der Waals surface area contributed by atoms with Crippen molar-refractivity contribution >= 4 is 28.7 Å². The maximum Gasteiger partial charge on any atom is 0.451 e. The molecule has 0 bridgehead atoms. The van der Waals surface area contributed by atoms with Crippen molar-refractivity contribution < 1.29 is 22.7 Å². The van der Waals surface area contributed by atoms with Crippen LogP contribution in [0.5, 0.6) is 0 Å². The molecule has 35 heavy (non-hydrogen) atoms. The predicted molar refractivity (Wildman–Crippen MR) is 129 cm³/mol. The number of benzene rings is 1. The van der Waals surface area contributed by atoms with Gasteiger partial charge in [-0.3, -0.25) is 4.79 Å². The number of alkyl halides is 3. The summed E-state index contributed by atoms with van der Waals surface area (Å²) in [4.78, 5) is 24.6. The summed E-state index contributed by atoms with van der Waals surface area (Å²) in [6.45, 7) is 1.78. The van der Waals surface area contributed by atoms with Gasteiger partial charge in [-0.25, -0.2) is 9.97 Å². The normalized spacial score (nSPS) is 15.2. The number of carbonyl (C=O) groups excluding carboxylic acids is 1. The Morgan fingerprint density at radius 1 is 1.23 bits per heavy atom. The summed E-state index contributed by atoms with van der Waals surface area (Å²) in [6.07, 6.45) is -2.95. The number of fused-ring (bicyclic) bond motifs is 1. The molecular formula is C24H26F3N5O2S. The van der Waals surface area contributed by atoms with Crippen molar-refractivity contribution in [3.63, 3.8) is 0 Å². The van der Waals surface area contributed by atoms with Crippen molar-refractivity contribution in [2.75, 3.05) is 43.5 Å². The molecule has 4 rings (SSSR count). The lowest BCUT2D eigenvalue weighted by Gasteiger charge is -2.22. The molecule has 2 aromatic heterocycles. The Morgan fingerprint density at radius 2 is 2.06 bits per heavy atom. The van der Waals surface area contributed by atoms with Crippen molar-refractivity contribution in [1.29, 1.82) is 0 Å². The highest BCUT2D eigenvalue weighted by Crippen LogP contribution is 2.32. The Hall–Kier alpha value is -3.02. The van der Waals surface area contributed by atoms with E-state index in [4.69, 9.17) is 4.74 Å². The van der Waals surface area contributed by atoms with Gasteiger partial charge in [-0.1, -0.05) is 18.2 Å². The van der Waals surface area contributed by atoms with Crippen LogP contribution in [0.1, 0.15) is 39.1 Å². The summed E-state index contributed by atoms with van der Waals surface area (Å²) in [5.74, 6) is -1.73. The average Bonchev–Trinajstić information content (AvgIpc) is 3.34. The van der Waals surface area contributed by atoms with Crippen LogP contribution in [-0.4, -0.2) is 49.6 Å². The van der Waals surface area contributed by atoms with Gasteiger partial charge in [-0.05, 0) is 49.2 Å². The van der Waals surface area contributed by atoms with E-state index in [0.717, 1.165) is 29.6 Å². The van der Waals surface area contributed by atoms with E-state index in [1.54, 1.807) is 34.3 Å². The van der Waals surface area contributed by atoms with Gasteiger partial charge in [0.2, 0.25) is 5.82 Å². The number of amides is 1. The second-order valence-corrected chi connectivity index (χ2v) is 9.16. The molecule has 1 N–H and O–H groups in total. The zero-order valence-electron chi connectivity index (χ0n) is 19.4. The standard InChI is InChI=1S/C24H26F3N5O2S/c1-28-9-8-19(20-7-4-12-35-20)34-15-16-5-3-6-17(13-16)32-11-10-31(2)21-18(22(32)33)14-29-23(30-21)24(25,26)27/h3-7,12-14,19,28H,8-11,15H2,1-2H3. The molecule has 1 amide bonds. The lowest BCUT2D eigenvalue weighted by atomic mass is 10.1. The first-order valence-corrected chi connectivity index (χ1v) is 12.0. The number of likely N-dealkylation sites (N-methyl/N-ethyl adjacent to an activating group) is 1. The van der Waals surface area contributed by atoms with Crippen LogP contribution in [0.4, 0.5) is 24.7 Å². The van der Waals surface area contributed by atoms with Crippen LogP contribution < -0.4 is 15.1 Å². The summed E-state index contributed by atoms with van der Waals surface area (Å²) in [5.41, 5.74) is 1.56. The summed E-state index contributed by atoms with van der Waals surface area (Å²) in [5, 5.41) is 5.17. The van der Waals surface area contributed by atoms with Gasteiger partial charge in [-0.2, -0.15) is 13.2 Å². The lowest BCUT2D eigenvalue weighted by Crippen LogP contribution is -2.33. The molecule has 1 aliphatic heterocycles. The average molecular weight is 506 g/mol. The highest BCUT2D eigenvalue weighted by molar-refractivity contribution is 7.10. The van der Waals surface area contributed by atoms with Crippen LogP contribution >= 0.6 is 11.3 Å². The molecule has 1 aliphatic rings. The van der Waals surface area contributed by atoms with E-state index in [1.807, 2.05) is 36.7 Å². The predicted octanol–water partition coefficient (Wildman–Crippen LogP) is 4.52. The van der Waals surface area contributed by atoms with E-state index >= 15 is 0 Å². The molecule has 0 radical (unpaired) electrons. The van der Waals surface area contributed by atoms with Gasteiger partial charge in [0.1, 0.15) is 11.4 Å². The smallest absolute Gasteiger partial charge is 0.368 e. The van der Waals surface area contributed by atoms with E-state index in [0.29, 0.717) is 18.8 Å². The first kappa shape index (κ1) is 25.1. The Labute approximate surface area is 205 Å². The number of halogens is 3. The van der Waals surface area contributed by atoms with Crippen LogP contribution in [0.2, 0.25) is 0 Å². The number of rotatable bonds is 8. The van der Waals surface area contributed by atoms with Gasteiger partial charge < -0.3 is 19.9 Å². The largest absolute Gasteiger partial charge is 0.451 e. The number of hydrogen-bond donors (Lipinski definition) is 1. The Balaban J connectivity index is 1.54. The monoisotopic (exact) mass is 505 g/mol. The highest BCUT2D eigenvalue weighted by Gasteiger charge is 2.37. The molecule has 0 saturated heterocycles. The van der Waals surface area contributed by atoms with Crippen LogP contribution in [0.25, 0.3) is 0 Å². The summed E-state index contributed by atoms with van der Waals surface area (Å²) >= 11 is 1.65. The van der Waals surface area contributed by atoms with Crippen LogP contribution in [0.3, 0.4) is 0 Å². The van der Waals surface area contributed by atoms with Crippen LogP contribution in [-0.2, 0) is 17.5 Å². The third-order valence-electron chi connectivity index (χ3n) is 5.71. The quantitative estimate of drug-likeness (QED) is 0.486. The minimum Gasteiger partial charge on any atom is -0.368 e.